The molecule has 0 aliphatic carbocycles. The Morgan fingerprint density at radius 1 is 0.895 bits per heavy atom. The molecule has 1 amide bonds. The number of hydrogen-bond donors (Lipinski definition) is 1. The summed E-state index contributed by atoms with van der Waals surface area (Å²) >= 11 is 0. The van der Waals surface area contributed by atoms with Gasteiger partial charge in [0.05, 0.1) is 19.0 Å². The van der Waals surface area contributed by atoms with Crippen molar-refractivity contribution in [3.05, 3.63) is 120 Å². The SMILES string of the molecule is COc1ccc(-n2cccc2/C=N/NC(=O)c2ccc(COc3ccc(-n4c(C)ccc4C)cc3)o2)cc1. The van der Waals surface area contributed by atoms with Crippen LogP contribution in [0.15, 0.2) is 101 Å². The maximum Gasteiger partial charge on any atom is 0.307 e. The molecule has 0 saturated heterocycles. The molecule has 192 valence electrons. The quantitative estimate of drug-likeness (QED) is 0.201. The van der Waals surface area contributed by atoms with Crippen molar-refractivity contribution < 1.29 is 18.7 Å². The highest BCUT2D eigenvalue weighted by Crippen LogP contribution is 2.21. The lowest BCUT2D eigenvalue weighted by atomic mass is 10.3. The van der Waals surface area contributed by atoms with Gasteiger partial charge in [0.1, 0.15) is 23.9 Å². The van der Waals surface area contributed by atoms with E-state index < -0.39 is 5.91 Å². The van der Waals surface area contributed by atoms with E-state index >= 15 is 0 Å². The van der Waals surface area contributed by atoms with Gasteiger partial charge in [0.2, 0.25) is 0 Å². The number of aromatic nitrogens is 2. The first-order chi connectivity index (χ1) is 18.5. The van der Waals surface area contributed by atoms with E-state index in [1.807, 2.05) is 71.4 Å². The maximum atomic E-state index is 12.5. The van der Waals surface area contributed by atoms with E-state index in [1.54, 1.807) is 25.5 Å². The summed E-state index contributed by atoms with van der Waals surface area (Å²) in [4.78, 5) is 12.5. The molecule has 8 heteroatoms. The van der Waals surface area contributed by atoms with Gasteiger partial charge in [-0.25, -0.2) is 5.43 Å². The third kappa shape index (κ3) is 5.39. The van der Waals surface area contributed by atoms with Gasteiger partial charge in [-0.3, -0.25) is 4.79 Å². The predicted octanol–water partition coefficient (Wildman–Crippen LogP) is 5.83. The predicted molar refractivity (Wildman–Crippen MR) is 146 cm³/mol. The molecule has 3 heterocycles. The lowest BCUT2D eigenvalue weighted by Crippen LogP contribution is -2.17. The summed E-state index contributed by atoms with van der Waals surface area (Å²) in [7, 11) is 1.63. The Balaban J connectivity index is 1.16. The van der Waals surface area contributed by atoms with Gasteiger partial charge in [-0.05, 0) is 98.8 Å². The van der Waals surface area contributed by atoms with E-state index in [9.17, 15) is 4.79 Å². The topological polar surface area (TPSA) is 82.9 Å². The minimum atomic E-state index is -0.447. The molecule has 5 aromatic rings. The number of carbonyl (C=O) groups is 1. The zero-order valence-electron chi connectivity index (χ0n) is 21.4. The second kappa shape index (κ2) is 11.0. The summed E-state index contributed by atoms with van der Waals surface area (Å²) in [6.07, 6.45) is 3.50. The van der Waals surface area contributed by atoms with E-state index in [2.05, 4.69) is 41.1 Å². The number of carbonyl (C=O) groups excluding carboxylic acids is 1. The van der Waals surface area contributed by atoms with Gasteiger partial charge in [-0.15, -0.1) is 0 Å². The summed E-state index contributed by atoms with van der Waals surface area (Å²) in [5.41, 5.74) is 7.68. The molecule has 0 unspecified atom stereocenters. The van der Waals surface area contributed by atoms with Gasteiger partial charge in [-0.2, -0.15) is 5.10 Å². The lowest BCUT2D eigenvalue weighted by molar-refractivity contribution is 0.0923. The standard InChI is InChI=1S/C30H28N4O4/c1-21-6-7-22(2)34(21)24-10-14-27(15-11-24)37-20-28-16-17-29(38-28)30(35)32-31-19-25-5-4-18-33(25)23-8-12-26(36-3)13-9-23/h4-19H,20H2,1-3H3,(H,32,35)/b31-19+. The number of aryl methyl sites for hydroxylation is 2. The Bertz CT molecular complexity index is 1540. The Morgan fingerprint density at radius 2 is 1.58 bits per heavy atom. The number of nitrogens with zero attached hydrogens (tertiary/aromatic N) is 3. The van der Waals surface area contributed by atoms with Gasteiger partial charge in [-0.1, -0.05) is 0 Å². The molecule has 0 aliphatic heterocycles. The molecule has 0 aliphatic rings. The van der Waals surface area contributed by atoms with Crippen LogP contribution in [0.5, 0.6) is 11.5 Å². The second-order valence-corrected chi connectivity index (χ2v) is 8.70. The summed E-state index contributed by atoms with van der Waals surface area (Å²) in [6, 6.07) is 26.8. The fraction of sp³-hybridized carbons (Fsp3) is 0.133. The number of ether oxygens (including phenoxy) is 2. The molecule has 8 nitrogen and oxygen atoms in total. The van der Waals surface area contributed by atoms with Gasteiger partial charge >= 0.3 is 5.91 Å². The smallest absolute Gasteiger partial charge is 0.307 e. The van der Waals surface area contributed by atoms with E-state index in [1.165, 1.54) is 11.4 Å². The minimum absolute atomic E-state index is 0.153. The van der Waals surface area contributed by atoms with Crippen LogP contribution in [-0.4, -0.2) is 28.4 Å². The van der Waals surface area contributed by atoms with Crippen molar-refractivity contribution in [2.75, 3.05) is 7.11 Å². The molecule has 0 bridgehead atoms. The van der Waals surface area contributed by atoms with Crippen LogP contribution < -0.4 is 14.9 Å². The summed E-state index contributed by atoms with van der Waals surface area (Å²) < 4.78 is 20.8. The Kier molecular flexibility index (Phi) is 7.13. The van der Waals surface area contributed by atoms with Crippen molar-refractivity contribution in [1.82, 2.24) is 14.6 Å². The zero-order chi connectivity index (χ0) is 26.5. The first-order valence-electron chi connectivity index (χ1n) is 12.1. The summed E-state index contributed by atoms with van der Waals surface area (Å²) in [5, 5.41) is 4.09. The number of benzene rings is 2. The van der Waals surface area contributed by atoms with Crippen LogP contribution in [0.2, 0.25) is 0 Å². The van der Waals surface area contributed by atoms with Crippen LogP contribution in [-0.2, 0) is 6.61 Å². The highest BCUT2D eigenvalue weighted by atomic mass is 16.5. The van der Waals surface area contributed by atoms with Gasteiger partial charge in [0.25, 0.3) is 0 Å². The number of hydrazone groups is 1. The van der Waals surface area contributed by atoms with Crippen molar-refractivity contribution in [3.63, 3.8) is 0 Å². The molecule has 38 heavy (non-hydrogen) atoms. The van der Waals surface area contributed by atoms with E-state index in [4.69, 9.17) is 13.9 Å². The first kappa shape index (κ1) is 24.7. The number of rotatable bonds is 9. The minimum Gasteiger partial charge on any atom is -0.497 e. The van der Waals surface area contributed by atoms with Crippen LogP contribution in [0.1, 0.15) is 33.4 Å². The summed E-state index contributed by atoms with van der Waals surface area (Å²) in [6.45, 7) is 4.36. The van der Waals surface area contributed by atoms with Gasteiger partial charge < -0.3 is 23.0 Å². The van der Waals surface area contributed by atoms with Crippen molar-refractivity contribution in [1.29, 1.82) is 0 Å². The van der Waals surface area contributed by atoms with Crippen molar-refractivity contribution in [2.24, 2.45) is 5.10 Å². The molecule has 5 rings (SSSR count). The van der Waals surface area contributed by atoms with Crippen molar-refractivity contribution >= 4 is 12.1 Å². The number of nitrogens with one attached hydrogen (secondary N) is 1. The highest BCUT2D eigenvalue weighted by molar-refractivity contribution is 5.92. The van der Waals surface area contributed by atoms with Gasteiger partial charge in [0.15, 0.2) is 5.76 Å². The van der Waals surface area contributed by atoms with Crippen LogP contribution in [0, 0.1) is 13.8 Å². The highest BCUT2D eigenvalue weighted by Gasteiger charge is 2.11. The van der Waals surface area contributed by atoms with Crippen LogP contribution >= 0.6 is 0 Å². The second-order valence-electron chi connectivity index (χ2n) is 8.70. The maximum absolute atomic E-state index is 12.5. The van der Waals surface area contributed by atoms with E-state index in [0.29, 0.717) is 11.5 Å². The van der Waals surface area contributed by atoms with E-state index in [0.717, 1.165) is 22.8 Å². The largest absolute Gasteiger partial charge is 0.497 e. The monoisotopic (exact) mass is 508 g/mol. The Hall–Kier alpha value is -4.98. The molecular formula is C30H28N4O4. The van der Waals surface area contributed by atoms with Crippen molar-refractivity contribution in [3.8, 4) is 22.9 Å². The fourth-order valence-corrected chi connectivity index (χ4v) is 4.19. The number of amides is 1. The third-order valence-electron chi connectivity index (χ3n) is 6.13. The molecule has 0 fully saturated rings. The zero-order valence-corrected chi connectivity index (χ0v) is 21.4. The molecule has 0 atom stereocenters. The summed E-state index contributed by atoms with van der Waals surface area (Å²) in [5.74, 6) is 1.73. The molecule has 0 radical (unpaired) electrons. The molecule has 0 saturated carbocycles. The molecule has 1 N–H and O–H groups in total. The fourth-order valence-electron chi connectivity index (χ4n) is 4.19. The Labute approximate surface area is 220 Å². The van der Waals surface area contributed by atoms with E-state index in [-0.39, 0.29) is 12.4 Å². The average Bonchev–Trinajstić information content (AvgIpc) is 3.68. The molecule has 2 aromatic carbocycles. The average molecular weight is 509 g/mol. The number of methoxy groups -OCH3 is 1. The number of furan rings is 1. The lowest BCUT2D eigenvalue weighted by Gasteiger charge is -2.10. The molecule has 3 aromatic heterocycles. The third-order valence-corrected chi connectivity index (χ3v) is 6.13. The van der Waals surface area contributed by atoms with Crippen molar-refractivity contribution in [2.45, 2.75) is 20.5 Å². The normalized spacial score (nSPS) is 11.1. The molecule has 0 spiro atoms. The van der Waals surface area contributed by atoms with Crippen LogP contribution in [0.25, 0.3) is 11.4 Å². The first-order valence-corrected chi connectivity index (χ1v) is 12.1. The van der Waals surface area contributed by atoms with Crippen LogP contribution in [0.3, 0.4) is 0 Å². The van der Waals surface area contributed by atoms with Crippen LogP contribution in [0.4, 0.5) is 0 Å². The molecular weight excluding hydrogens is 480 g/mol. The van der Waals surface area contributed by atoms with Gasteiger partial charge in [0, 0.05) is 29.0 Å². The number of hydrogen-bond acceptors (Lipinski definition) is 5. The Morgan fingerprint density at radius 3 is 2.29 bits per heavy atom.